The van der Waals surface area contributed by atoms with Gasteiger partial charge in [-0.25, -0.2) is 4.98 Å². The van der Waals surface area contributed by atoms with Gasteiger partial charge in [-0.1, -0.05) is 0 Å². The fourth-order valence-corrected chi connectivity index (χ4v) is 3.25. The van der Waals surface area contributed by atoms with Crippen LogP contribution in [0.25, 0.3) is 0 Å². The van der Waals surface area contributed by atoms with Crippen molar-refractivity contribution in [3.8, 4) is 0 Å². The molecule has 1 unspecified atom stereocenters. The Morgan fingerprint density at radius 2 is 2.35 bits per heavy atom. The third-order valence-electron chi connectivity index (χ3n) is 3.27. The molecule has 20 heavy (non-hydrogen) atoms. The first kappa shape index (κ1) is 13.0. The van der Waals surface area contributed by atoms with Gasteiger partial charge < -0.3 is 10.4 Å². The van der Waals surface area contributed by atoms with Gasteiger partial charge in [0.2, 0.25) is 0 Å². The minimum atomic E-state index is -0.787. The number of rotatable bonds is 4. The molecule has 7 heteroatoms. The van der Waals surface area contributed by atoms with Crippen LogP contribution in [0.15, 0.2) is 12.4 Å². The largest absolute Gasteiger partial charge is 0.481 e. The van der Waals surface area contributed by atoms with Crippen LogP contribution in [0, 0.1) is 6.92 Å². The number of aryl methyl sites for hydroxylation is 2. The summed E-state index contributed by atoms with van der Waals surface area (Å²) in [6.07, 6.45) is 4.91. The number of thiazole rings is 1. The molecule has 0 aromatic carbocycles. The van der Waals surface area contributed by atoms with E-state index in [9.17, 15) is 4.79 Å². The molecule has 6 nitrogen and oxygen atoms in total. The molecule has 1 atom stereocenters. The first-order valence-electron chi connectivity index (χ1n) is 6.37. The van der Waals surface area contributed by atoms with Crippen LogP contribution in [0.3, 0.4) is 0 Å². The van der Waals surface area contributed by atoms with Crippen LogP contribution >= 0.6 is 11.3 Å². The van der Waals surface area contributed by atoms with Gasteiger partial charge in [-0.15, -0.1) is 11.3 Å². The topological polar surface area (TPSA) is 88.0 Å². The normalized spacial score (nSPS) is 16.9. The maximum Gasteiger partial charge on any atom is 0.312 e. The van der Waals surface area contributed by atoms with E-state index in [4.69, 9.17) is 5.11 Å². The zero-order chi connectivity index (χ0) is 14.1. The van der Waals surface area contributed by atoms with Gasteiger partial charge >= 0.3 is 5.97 Å². The second kappa shape index (κ2) is 5.16. The van der Waals surface area contributed by atoms with Crippen LogP contribution in [0.5, 0.6) is 0 Å². The minimum Gasteiger partial charge on any atom is -0.481 e. The van der Waals surface area contributed by atoms with Gasteiger partial charge in [0.25, 0.3) is 0 Å². The van der Waals surface area contributed by atoms with Crippen molar-refractivity contribution < 1.29 is 9.90 Å². The lowest BCUT2D eigenvalue weighted by Gasteiger charge is -2.03. The molecule has 0 aliphatic heterocycles. The molecule has 0 saturated heterocycles. The van der Waals surface area contributed by atoms with Gasteiger partial charge in [0, 0.05) is 11.1 Å². The molecule has 2 aromatic heterocycles. The van der Waals surface area contributed by atoms with E-state index in [1.165, 1.54) is 11.3 Å². The Kier molecular flexibility index (Phi) is 3.35. The number of nitrogens with one attached hydrogen (secondary N) is 1. The lowest BCUT2D eigenvalue weighted by atomic mass is 10.1. The van der Waals surface area contributed by atoms with E-state index in [-0.39, 0.29) is 0 Å². The van der Waals surface area contributed by atoms with Crippen molar-refractivity contribution in [2.45, 2.75) is 32.2 Å². The molecule has 1 aliphatic rings. The van der Waals surface area contributed by atoms with E-state index >= 15 is 0 Å². The number of fused-ring (bicyclic) bond motifs is 1. The van der Waals surface area contributed by atoms with Crippen molar-refractivity contribution >= 4 is 22.4 Å². The Labute approximate surface area is 119 Å². The van der Waals surface area contributed by atoms with Gasteiger partial charge in [0.05, 0.1) is 29.8 Å². The van der Waals surface area contributed by atoms with Crippen molar-refractivity contribution in [2.24, 2.45) is 0 Å². The van der Waals surface area contributed by atoms with Crippen molar-refractivity contribution in [1.29, 1.82) is 0 Å². The number of hydrogen-bond donors (Lipinski definition) is 2. The van der Waals surface area contributed by atoms with Crippen LogP contribution < -0.4 is 5.32 Å². The van der Waals surface area contributed by atoms with E-state index < -0.39 is 11.9 Å². The van der Waals surface area contributed by atoms with Gasteiger partial charge in [0.15, 0.2) is 5.13 Å². The third kappa shape index (κ3) is 2.49. The zero-order valence-electron chi connectivity index (χ0n) is 11.0. The average Bonchev–Trinajstić information content (AvgIpc) is 2.97. The molecule has 0 spiro atoms. The summed E-state index contributed by atoms with van der Waals surface area (Å²) in [7, 11) is 0. The molecule has 3 rings (SSSR count). The summed E-state index contributed by atoms with van der Waals surface area (Å²) < 4.78 is 0. The number of carboxylic acids is 1. The quantitative estimate of drug-likeness (QED) is 0.895. The number of carbonyl (C=O) groups is 1. The first-order valence-corrected chi connectivity index (χ1v) is 7.19. The van der Waals surface area contributed by atoms with Crippen LogP contribution in [0.4, 0.5) is 5.13 Å². The third-order valence-corrected chi connectivity index (χ3v) is 4.36. The zero-order valence-corrected chi connectivity index (χ0v) is 11.8. The molecule has 104 valence electrons. The van der Waals surface area contributed by atoms with Crippen molar-refractivity contribution in [3.63, 3.8) is 0 Å². The lowest BCUT2D eigenvalue weighted by Crippen LogP contribution is -2.09. The predicted octanol–water partition coefficient (Wildman–Crippen LogP) is 1.97. The molecule has 2 heterocycles. The smallest absolute Gasteiger partial charge is 0.312 e. The second-order valence-corrected chi connectivity index (χ2v) is 5.84. The maximum atomic E-state index is 11.1. The van der Waals surface area contributed by atoms with Crippen LogP contribution in [0.1, 0.15) is 34.3 Å². The van der Waals surface area contributed by atoms with E-state index in [2.05, 4.69) is 20.3 Å². The number of aliphatic carboxylic acids is 1. The van der Waals surface area contributed by atoms with Gasteiger partial charge in [0.1, 0.15) is 5.92 Å². The number of hydrogen-bond acceptors (Lipinski definition) is 6. The van der Waals surface area contributed by atoms with Gasteiger partial charge in [-0.05, 0) is 19.8 Å². The highest BCUT2D eigenvalue weighted by Gasteiger charge is 2.32. The number of anilines is 1. The molecule has 2 N–H and O–H groups in total. The standard InChI is InChI=1S/C13H14N4O2S/c1-7-4-15-8(5-14-7)6-16-13-17-11-9(12(18)19)2-3-10(11)20-13/h4-5,9H,2-3,6H2,1H3,(H,16,17)(H,18,19). The Hall–Kier alpha value is -2.02. The van der Waals surface area contributed by atoms with Crippen LogP contribution in [0.2, 0.25) is 0 Å². The molecular formula is C13H14N4O2S. The summed E-state index contributed by atoms with van der Waals surface area (Å²) >= 11 is 1.53. The second-order valence-electron chi connectivity index (χ2n) is 4.76. The van der Waals surface area contributed by atoms with Gasteiger partial charge in [-0.3, -0.25) is 14.8 Å². The number of nitrogens with zero attached hydrogens (tertiary/aromatic N) is 3. The maximum absolute atomic E-state index is 11.1. The fraction of sp³-hybridized carbons (Fsp3) is 0.385. The van der Waals surface area contributed by atoms with E-state index in [0.717, 1.165) is 33.5 Å². The molecular weight excluding hydrogens is 276 g/mol. The Morgan fingerprint density at radius 1 is 1.50 bits per heavy atom. The molecule has 0 bridgehead atoms. The van der Waals surface area contributed by atoms with E-state index in [1.54, 1.807) is 12.4 Å². The highest BCUT2D eigenvalue weighted by molar-refractivity contribution is 7.15. The number of aromatic nitrogens is 3. The summed E-state index contributed by atoms with van der Waals surface area (Å²) in [6.45, 7) is 2.43. The van der Waals surface area contributed by atoms with E-state index in [0.29, 0.717) is 13.0 Å². The molecule has 0 saturated carbocycles. The monoisotopic (exact) mass is 290 g/mol. The van der Waals surface area contributed by atoms with Gasteiger partial charge in [-0.2, -0.15) is 0 Å². The van der Waals surface area contributed by atoms with Crippen molar-refractivity contribution in [1.82, 2.24) is 15.0 Å². The highest BCUT2D eigenvalue weighted by atomic mass is 32.1. The molecule has 0 fully saturated rings. The van der Waals surface area contributed by atoms with Crippen molar-refractivity contribution in [3.05, 3.63) is 34.4 Å². The fourth-order valence-electron chi connectivity index (χ4n) is 2.22. The minimum absolute atomic E-state index is 0.448. The van der Waals surface area contributed by atoms with E-state index in [1.807, 2.05) is 6.92 Å². The number of carboxylic acid groups (broad SMARTS) is 1. The SMILES string of the molecule is Cc1cnc(CNc2nc3c(s2)CCC3C(=O)O)cn1. The highest BCUT2D eigenvalue weighted by Crippen LogP contribution is 2.38. The summed E-state index contributed by atoms with van der Waals surface area (Å²) in [4.78, 5) is 25.0. The molecule has 1 aliphatic carbocycles. The Balaban J connectivity index is 1.69. The summed E-state index contributed by atoms with van der Waals surface area (Å²) in [5.74, 6) is -1.24. The van der Waals surface area contributed by atoms with Crippen LogP contribution in [-0.4, -0.2) is 26.0 Å². The Morgan fingerprint density at radius 3 is 3.05 bits per heavy atom. The molecule has 2 aromatic rings. The summed E-state index contributed by atoms with van der Waals surface area (Å²) in [5, 5.41) is 13.1. The molecule has 0 amide bonds. The summed E-state index contributed by atoms with van der Waals surface area (Å²) in [6, 6.07) is 0. The summed E-state index contributed by atoms with van der Waals surface area (Å²) in [5.41, 5.74) is 2.44. The first-order chi connectivity index (χ1) is 9.63. The van der Waals surface area contributed by atoms with Crippen molar-refractivity contribution in [2.75, 3.05) is 5.32 Å². The average molecular weight is 290 g/mol. The predicted molar refractivity (Wildman–Crippen MR) is 74.9 cm³/mol. The Bertz CT molecular complexity index is 638. The lowest BCUT2D eigenvalue weighted by molar-refractivity contribution is -0.138. The molecule has 0 radical (unpaired) electrons. The van der Waals surface area contributed by atoms with Crippen LogP contribution in [-0.2, 0) is 17.8 Å².